The lowest BCUT2D eigenvalue weighted by molar-refractivity contribution is 0.00578. The van der Waals surface area contributed by atoms with Crippen molar-refractivity contribution in [3.63, 3.8) is 0 Å². The van der Waals surface area contributed by atoms with E-state index in [9.17, 15) is 4.79 Å². The molecule has 1 fully saturated rings. The van der Waals surface area contributed by atoms with Crippen molar-refractivity contribution in [3.8, 4) is 0 Å². The number of carbonyl (C=O) groups is 1. The zero-order valence-corrected chi connectivity index (χ0v) is 15.0. The van der Waals surface area contributed by atoms with E-state index in [0.29, 0.717) is 12.2 Å². The van der Waals surface area contributed by atoms with Crippen molar-refractivity contribution >= 4 is 18.5 Å². The molecule has 0 radical (unpaired) electrons. The first kappa shape index (κ1) is 18.9. The topological polar surface area (TPSA) is 80.7 Å². The maximum atomic E-state index is 12.2. The summed E-state index contributed by atoms with van der Waals surface area (Å²) in [6, 6.07) is 3.52. The van der Waals surface area contributed by atoms with E-state index < -0.39 is 18.3 Å². The molecule has 24 heavy (non-hydrogen) atoms. The summed E-state index contributed by atoms with van der Waals surface area (Å²) in [5.74, 6) is -0.211. The highest BCUT2D eigenvalue weighted by atomic mass is 16.7. The van der Waals surface area contributed by atoms with Gasteiger partial charge in [0.15, 0.2) is 0 Å². The quantitative estimate of drug-likeness (QED) is 0.580. The van der Waals surface area contributed by atoms with Gasteiger partial charge in [0.05, 0.1) is 11.2 Å². The Morgan fingerprint density at radius 1 is 1.21 bits per heavy atom. The average Bonchev–Trinajstić information content (AvgIpc) is 2.75. The van der Waals surface area contributed by atoms with Gasteiger partial charge in [-0.15, -0.1) is 0 Å². The fourth-order valence-corrected chi connectivity index (χ4v) is 2.40. The molecule has 0 bridgehead atoms. The highest BCUT2D eigenvalue weighted by Gasteiger charge is 2.51. The Bertz CT molecular complexity index is 561. The number of hydrogen-bond donors (Lipinski definition) is 2. The predicted octanol–water partition coefficient (Wildman–Crippen LogP) is 1.27. The van der Waals surface area contributed by atoms with Crippen molar-refractivity contribution in [2.75, 3.05) is 13.2 Å². The van der Waals surface area contributed by atoms with Crippen molar-refractivity contribution < 1.29 is 19.2 Å². The van der Waals surface area contributed by atoms with Gasteiger partial charge in [-0.05, 0) is 64.6 Å². The molecule has 2 N–H and O–H groups in total. The van der Waals surface area contributed by atoms with Gasteiger partial charge in [-0.3, -0.25) is 9.78 Å². The summed E-state index contributed by atoms with van der Waals surface area (Å²) in [5.41, 5.74) is 0.296. The smallest absolute Gasteiger partial charge is 0.399 e. The SMILES string of the molecule is CC1(C)OB(c2ccnc(C(=O)NCCCCCO)c2)OC1(C)C. The molecule has 1 aliphatic heterocycles. The van der Waals surface area contributed by atoms with Gasteiger partial charge >= 0.3 is 7.12 Å². The molecule has 1 aromatic heterocycles. The molecular formula is C17H27BN2O4. The third kappa shape index (κ3) is 4.34. The number of pyridine rings is 1. The van der Waals surface area contributed by atoms with Crippen molar-refractivity contribution in [1.82, 2.24) is 10.3 Å². The third-order valence-electron chi connectivity index (χ3n) is 4.66. The molecule has 1 saturated heterocycles. The Balaban J connectivity index is 1.98. The molecule has 2 heterocycles. The summed E-state index contributed by atoms with van der Waals surface area (Å²) in [5, 5.41) is 11.6. The van der Waals surface area contributed by atoms with E-state index in [4.69, 9.17) is 14.4 Å². The average molecular weight is 334 g/mol. The van der Waals surface area contributed by atoms with E-state index in [0.717, 1.165) is 24.7 Å². The Morgan fingerprint density at radius 3 is 2.50 bits per heavy atom. The Hall–Kier alpha value is -1.44. The largest absolute Gasteiger partial charge is 0.494 e. The number of aliphatic hydroxyl groups excluding tert-OH is 1. The maximum absolute atomic E-state index is 12.2. The van der Waals surface area contributed by atoms with Gasteiger partial charge in [0.2, 0.25) is 0 Å². The van der Waals surface area contributed by atoms with Gasteiger partial charge < -0.3 is 19.7 Å². The third-order valence-corrected chi connectivity index (χ3v) is 4.66. The first-order valence-corrected chi connectivity index (χ1v) is 8.47. The second kappa shape index (κ2) is 7.63. The van der Waals surface area contributed by atoms with Gasteiger partial charge in [-0.2, -0.15) is 0 Å². The molecule has 0 saturated carbocycles. The number of aliphatic hydroxyl groups is 1. The van der Waals surface area contributed by atoms with Crippen LogP contribution in [0.15, 0.2) is 18.3 Å². The zero-order valence-electron chi connectivity index (χ0n) is 15.0. The van der Waals surface area contributed by atoms with E-state index in [-0.39, 0.29) is 12.5 Å². The monoisotopic (exact) mass is 334 g/mol. The fraction of sp³-hybridized carbons (Fsp3) is 0.647. The molecule has 2 rings (SSSR count). The number of nitrogens with one attached hydrogen (secondary N) is 1. The minimum atomic E-state index is -0.505. The Morgan fingerprint density at radius 2 is 1.88 bits per heavy atom. The summed E-state index contributed by atoms with van der Waals surface area (Å²) in [6.07, 6.45) is 4.08. The van der Waals surface area contributed by atoms with Crippen LogP contribution in [0.25, 0.3) is 0 Å². The van der Waals surface area contributed by atoms with Crippen LogP contribution in [0.2, 0.25) is 0 Å². The molecule has 0 atom stereocenters. The van der Waals surface area contributed by atoms with Crippen LogP contribution in [0.4, 0.5) is 0 Å². The molecule has 1 aliphatic rings. The van der Waals surface area contributed by atoms with E-state index in [1.807, 2.05) is 27.7 Å². The van der Waals surface area contributed by atoms with Crippen molar-refractivity contribution in [2.45, 2.75) is 58.2 Å². The number of carbonyl (C=O) groups excluding carboxylic acids is 1. The second-order valence-electron chi connectivity index (χ2n) is 7.10. The Labute approximate surface area is 144 Å². The van der Waals surface area contributed by atoms with Crippen LogP contribution in [0.1, 0.15) is 57.4 Å². The van der Waals surface area contributed by atoms with Gasteiger partial charge in [-0.25, -0.2) is 0 Å². The zero-order chi connectivity index (χ0) is 17.8. The predicted molar refractivity (Wildman–Crippen MR) is 93.2 cm³/mol. The first-order valence-electron chi connectivity index (χ1n) is 8.47. The Kier molecular flexibility index (Phi) is 6.01. The molecule has 0 aliphatic carbocycles. The summed E-state index contributed by atoms with van der Waals surface area (Å²) in [6.45, 7) is 8.73. The number of rotatable bonds is 7. The van der Waals surface area contributed by atoms with E-state index in [1.54, 1.807) is 18.3 Å². The summed E-state index contributed by atoms with van der Waals surface area (Å²) >= 11 is 0. The second-order valence-corrected chi connectivity index (χ2v) is 7.10. The highest BCUT2D eigenvalue weighted by molar-refractivity contribution is 6.62. The summed E-state index contributed by atoms with van der Waals surface area (Å²) < 4.78 is 12.0. The number of aromatic nitrogens is 1. The molecule has 0 unspecified atom stereocenters. The molecule has 0 spiro atoms. The molecule has 1 aromatic rings. The number of nitrogens with zero attached hydrogens (tertiary/aromatic N) is 1. The van der Waals surface area contributed by atoms with Crippen LogP contribution < -0.4 is 10.8 Å². The maximum Gasteiger partial charge on any atom is 0.494 e. The highest BCUT2D eigenvalue weighted by Crippen LogP contribution is 2.36. The first-order chi connectivity index (χ1) is 11.3. The number of amides is 1. The van der Waals surface area contributed by atoms with Gasteiger partial charge in [0, 0.05) is 19.3 Å². The number of unbranched alkanes of at least 4 members (excludes halogenated alkanes) is 2. The minimum Gasteiger partial charge on any atom is -0.399 e. The molecule has 0 aromatic carbocycles. The lowest BCUT2D eigenvalue weighted by atomic mass is 9.79. The molecule has 7 heteroatoms. The van der Waals surface area contributed by atoms with Crippen LogP contribution >= 0.6 is 0 Å². The fourth-order valence-electron chi connectivity index (χ4n) is 2.40. The normalized spacial score (nSPS) is 18.6. The lowest BCUT2D eigenvalue weighted by Crippen LogP contribution is -2.41. The van der Waals surface area contributed by atoms with Crippen molar-refractivity contribution in [1.29, 1.82) is 0 Å². The molecule has 6 nitrogen and oxygen atoms in total. The minimum absolute atomic E-state index is 0.186. The van der Waals surface area contributed by atoms with Gasteiger partial charge in [0.25, 0.3) is 5.91 Å². The lowest BCUT2D eigenvalue weighted by Gasteiger charge is -2.32. The van der Waals surface area contributed by atoms with Crippen LogP contribution in [0.3, 0.4) is 0 Å². The summed E-state index contributed by atoms with van der Waals surface area (Å²) in [4.78, 5) is 16.3. The van der Waals surface area contributed by atoms with Crippen LogP contribution in [-0.4, -0.2) is 47.5 Å². The van der Waals surface area contributed by atoms with Crippen LogP contribution in [0, 0.1) is 0 Å². The molecule has 1 amide bonds. The van der Waals surface area contributed by atoms with E-state index >= 15 is 0 Å². The van der Waals surface area contributed by atoms with Gasteiger partial charge in [-0.1, -0.05) is 0 Å². The van der Waals surface area contributed by atoms with Gasteiger partial charge in [0.1, 0.15) is 5.69 Å². The summed E-state index contributed by atoms with van der Waals surface area (Å²) in [7, 11) is -0.505. The number of hydrogen-bond acceptors (Lipinski definition) is 5. The van der Waals surface area contributed by atoms with E-state index in [1.165, 1.54) is 0 Å². The standard InChI is InChI=1S/C17H27BN2O4/c1-16(2)17(3,4)24-18(23-16)13-8-10-19-14(12-13)15(22)20-9-6-5-7-11-21/h8,10,12,21H,5-7,9,11H2,1-4H3,(H,20,22). The molecular weight excluding hydrogens is 307 g/mol. The van der Waals surface area contributed by atoms with Crippen LogP contribution in [0.5, 0.6) is 0 Å². The van der Waals surface area contributed by atoms with Crippen molar-refractivity contribution in [3.05, 3.63) is 24.0 Å². The molecule has 132 valence electrons. The van der Waals surface area contributed by atoms with Crippen LogP contribution in [-0.2, 0) is 9.31 Å². The van der Waals surface area contributed by atoms with E-state index in [2.05, 4.69) is 10.3 Å². The van der Waals surface area contributed by atoms with Crippen molar-refractivity contribution in [2.24, 2.45) is 0 Å².